The molecule has 0 bridgehead atoms. The fourth-order valence-electron chi connectivity index (χ4n) is 1.61. The Kier molecular flexibility index (Phi) is 4.50. The molecule has 1 atom stereocenters. The summed E-state index contributed by atoms with van der Waals surface area (Å²) in [5.74, 6) is 0. The Hall–Kier alpha value is -0.230. The lowest BCUT2D eigenvalue weighted by Crippen LogP contribution is -2.10. The zero-order valence-corrected chi connectivity index (χ0v) is 13.1. The van der Waals surface area contributed by atoms with E-state index in [1.165, 1.54) is 23.5 Å². The number of hydrogen-bond donors (Lipinski definition) is 0. The predicted molar refractivity (Wildman–Crippen MR) is 76.2 cm³/mol. The fourth-order valence-corrected chi connectivity index (χ4v) is 3.43. The van der Waals surface area contributed by atoms with Crippen LogP contribution in [0.3, 0.4) is 0 Å². The van der Waals surface area contributed by atoms with Crippen LogP contribution >= 0.6 is 50.5 Å². The standard InChI is InChI=1S/C12H6BrCl2F3S/c13-6-1-2-7(8(5-6)12(16,17)18)11(15)9-3-4-10(14)19-9/h1-5,11H. The summed E-state index contributed by atoms with van der Waals surface area (Å²) < 4.78 is 39.9. The highest BCUT2D eigenvalue weighted by molar-refractivity contribution is 9.10. The summed E-state index contributed by atoms with van der Waals surface area (Å²) in [4.78, 5) is 0.583. The van der Waals surface area contributed by atoms with Gasteiger partial charge in [0.2, 0.25) is 0 Å². The lowest BCUT2D eigenvalue weighted by atomic mass is 10.0. The molecule has 19 heavy (non-hydrogen) atoms. The van der Waals surface area contributed by atoms with Gasteiger partial charge in [0, 0.05) is 9.35 Å². The van der Waals surface area contributed by atoms with E-state index in [1.54, 1.807) is 12.1 Å². The van der Waals surface area contributed by atoms with Crippen molar-refractivity contribution in [3.63, 3.8) is 0 Å². The van der Waals surface area contributed by atoms with Gasteiger partial charge in [-0.15, -0.1) is 22.9 Å². The van der Waals surface area contributed by atoms with Gasteiger partial charge in [-0.05, 0) is 29.8 Å². The maximum atomic E-state index is 13.0. The number of benzene rings is 1. The van der Waals surface area contributed by atoms with Crippen LogP contribution in [0.4, 0.5) is 13.2 Å². The Bertz CT molecular complexity index is 595. The number of rotatable bonds is 2. The maximum absolute atomic E-state index is 13.0. The molecule has 0 radical (unpaired) electrons. The lowest BCUT2D eigenvalue weighted by molar-refractivity contribution is -0.138. The number of halogens is 6. The molecule has 2 rings (SSSR count). The van der Waals surface area contributed by atoms with Crippen LogP contribution in [0.15, 0.2) is 34.8 Å². The van der Waals surface area contributed by atoms with E-state index >= 15 is 0 Å². The number of hydrogen-bond acceptors (Lipinski definition) is 1. The average molecular weight is 390 g/mol. The van der Waals surface area contributed by atoms with Crippen LogP contribution in [0.5, 0.6) is 0 Å². The summed E-state index contributed by atoms with van der Waals surface area (Å²) in [5, 5.41) is -0.873. The smallest absolute Gasteiger partial charge is 0.166 e. The number of alkyl halides is 4. The van der Waals surface area contributed by atoms with Crippen molar-refractivity contribution in [1.29, 1.82) is 0 Å². The molecule has 0 aliphatic carbocycles. The lowest BCUT2D eigenvalue weighted by Gasteiger charge is -2.16. The van der Waals surface area contributed by atoms with E-state index in [2.05, 4.69) is 15.9 Å². The van der Waals surface area contributed by atoms with Crippen LogP contribution in [0.25, 0.3) is 0 Å². The molecule has 0 spiro atoms. The molecule has 1 aromatic carbocycles. The highest BCUT2D eigenvalue weighted by Gasteiger charge is 2.35. The van der Waals surface area contributed by atoms with E-state index in [0.29, 0.717) is 13.7 Å². The average Bonchev–Trinajstić information content (AvgIpc) is 2.74. The third kappa shape index (κ3) is 3.45. The first-order valence-electron chi connectivity index (χ1n) is 5.05. The molecular weight excluding hydrogens is 384 g/mol. The van der Waals surface area contributed by atoms with E-state index in [0.717, 1.165) is 6.07 Å². The Morgan fingerprint density at radius 3 is 2.37 bits per heavy atom. The summed E-state index contributed by atoms with van der Waals surface area (Å²) in [6.45, 7) is 0. The molecule has 1 aromatic heterocycles. The molecule has 1 unspecified atom stereocenters. The van der Waals surface area contributed by atoms with Gasteiger partial charge in [0.15, 0.2) is 0 Å². The van der Waals surface area contributed by atoms with E-state index in [-0.39, 0.29) is 5.56 Å². The maximum Gasteiger partial charge on any atom is 0.416 e. The fraction of sp³-hybridized carbons (Fsp3) is 0.167. The van der Waals surface area contributed by atoms with E-state index in [9.17, 15) is 13.2 Å². The molecule has 0 amide bonds. The quantitative estimate of drug-likeness (QED) is 0.513. The van der Waals surface area contributed by atoms with Crippen LogP contribution in [0.1, 0.15) is 21.4 Å². The Balaban J connectivity index is 2.50. The van der Waals surface area contributed by atoms with Crippen molar-refractivity contribution in [2.75, 3.05) is 0 Å². The number of thiophene rings is 1. The largest absolute Gasteiger partial charge is 0.416 e. The molecule has 2 aromatic rings. The van der Waals surface area contributed by atoms with Crippen molar-refractivity contribution >= 4 is 50.5 Å². The van der Waals surface area contributed by atoms with Gasteiger partial charge in [-0.25, -0.2) is 0 Å². The van der Waals surface area contributed by atoms with Crippen LogP contribution in [-0.2, 0) is 6.18 Å². The van der Waals surface area contributed by atoms with Gasteiger partial charge in [0.1, 0.15) is 0 Å². The molecule has 0 saturated heterocycles. The molecule has 102 valence electrons. The molecule has 0 fully saturated rings. The van der Waals surface area contributed by atoms with Crippen molar-refractivity contribution in [3.8, 4) is 0 Å². The van der Waals surface area contributed by atoms with Gasteiger partial charge in [0.05, 0.1) is 15.3 Å². The van der Waals surface area contributed by atoms with Gasteiger partial charge in [0.25, 0.3) is 0 Å². The first kappa shape index (κ1) is 15.2. The normalized spacial score (nSPS) is 13.6. The van der Waals surface area contributed by atoms with Crippen molar-refractivity contribution in [1.82, 2.24) is 0 Å². The summed E-state index contributed by atoms with van der Waals surface area (Å²) in [6, 6.07) is 7.18. The van der Waals surface area contributed by atoms with Crippen molar-refractivity contribution in [3.05, 3.63) is 55.1 Å². The first-order chi connectivity index (χ1) is 8.79. The first-order valence-corrected chi connectivity index (χ1v) is 7.47. The van der Waals surface area contributed by atoms with Crippen molar-refractivity contribution in [2.24, 2.45) is 0 Å². The van der Waals surface area contributed by atoms with Gasteiger partial charge < -0.3 is 0 Å². The zero-order chi connectivity index (χ0) is 14.2. The minimum absolute atomic E-state index is 0.0240. The monoisotopic (exact) mass is 388 g/mol. The van der Waals surface area contributed by atoms with Crippen LogP contribution < -0.4 is 0 Å². The minimum atomic E-state index is -4.45. The Morgan fingerprint density at radius 2 is 1.84 bits per heavy atom. The van der Waals surface area contributed by atoms with E-state index in [4.69, 9.17) is 23.2 Å². The summed E-state index contributed by atoms with van der Waals surface area (Å²) in [6.07, 6.45) is -4.45. The molecule has 0 nitrogen and oxygen atoms in total. The summed E-state index contributed by atoms with van der Waals surface area (Å²) >= 11 is 16.1. The van der Waals surface area contributed by atoms with Crippen molar-refractivity contribution in [2.45, 2.75) is 11.6 Å². The Labute approximate surface area is 130 Å². The zero-order valence-electron chi connectivity index (χ0n) is 9.14. The molecule has 0 aliphatic heterocycles. The van der Waals surface area contributed by atoms with Gasteiger partial charge in [-0.1, -0.05) is 33.6 Å². The SMILES string of the molecule is FC(F)(F)c1cc(Br)ccc1C(Cl)c1ccc(Cl)s1. The topological polar surface area (TPSA) is 0 Å². The summed E-state index contributed by atoms with van der Waals surface area (Å²) in [7, 11) is 0. The molecule has 7 heteroatoms. The van der Waals surface area contributed by atoms with Gasteiger partial charge >= 0.3 is 6.18 Å². The molecule has 0 N–H and O–H groups in total. The highest BCUT2D eigenvalue weighted by Crippen LogP contribution is 2.42. The van der Waals surface area contributed by atoms with Crippen LogP contribution in [0, 0.1) is 0 Å². The third-order valence-electron chi connectivity index (χ3n) is 2.44. The molecular formula is C12H6BrCl2F3S. The van der Waals surface area contributed by atoms with Crippen LogP contribution in [0.2, 0.25) is 4.34 Å². The molecule has 1 heterocycles. The summed E-state index contributed by atoms with van der Waals surface area (Å²) in [5.41, 5.74) is -0.720. The molecule has 0 saturated carbocycles. The van der Waals surface area contributed by atoms with Crippen LogP contribution in [-0.4, -0.2) is 0 Å². The van der Waals surface area contributed by atoms with Gasteiger partial charge in [-0.2, -0.15) is 13.2 Å². The van der Waals surface area contributed by atoms with Crippen molar-refractivity contribution < 1.29 is 13.2 Å². The minimum Gasteiger partial charge on any atom is -0.166 e. The van der Waals surface area contributed by atoms with E-state index in [1.807, 2.05) is 0 Å². The Morgan fingerprint density at radius 1 is 1.16 bits per heavy atom. The van der Waals surface area contributed by atoms with Gasteiger partial charge in [-0.3, -0.25) is 0 Å². The second-order valence-electron chi connectivity index (χ2n) is 3.73. The highest BCUT2D eigenvalue weighted by atomic mass is 79.9. The predicted octanol–water partition coefficient (Wildman–Crippen LogP) is 6.51. The second-order valence-corrected chi connectivity index (χ2v) is 6.83. The molecule has 0 aliphatic rings. The van der Waals surface area contributed by atoms with E-state index < -0.39 is 17.1 Å². The third-order valence-corrected chi connectivity index (χ3v) is 4.83. The second kappa shape index (κ2) is 5.64.